The number of nitrogens with zero attached hydrogens (tertiary/aromatic N) is 2. The van der Waals surface area contributed by atoms with Crippen molar-refractivity contribution in [3.63, 3.8) is 0 Å². The molecule has 8 nitrogen and oxygen atoms in total. The van der Waals surface area contributed by atoms with Gasteiger partial charge in [-0.25, -0.2) is 0 Å². The van der Waals surface area contributed by atoms with E-state index in [-0.39, 0.29) is 0 Å². The van der Waals surface area contributed by atoms with Gasteiger partial charge in [-0.05, 0) is 27.7 Å². The fraction of sp³-hybridized carbons (Fsp3) is 0.857. The fourth-order valence-electron chi connectivity index (χ4n) is 2.33. The molecule has 22 heavy (non-hydrogen) atoms. The number of rotatable bonds is 2. The van der Waals surface area contributed by atoms with Crippen molar-refractivity contribution in [1.82, 2.24) is 9.80 Å². The molecule has 1 saturated heterocycles. The van der Waals surface area contributed by atoms with Gasteiger partial charge >= 0.3 is 0 Å². The number of hydrogen-bond acceptors (Lipinski definition) is 6. The Kier molecular flexibility index (Phi) is 4.41. The molecule has 0 spiro atoms. The van der Waals surface area contributed by atoms with Gasteiger partial charge in [-0.1, -0.05) is 0 Å². The van der Waals surface area contributed by atoms with Crippen LogP contribution in [-0.2, 0) is 19.1 Å². The van der Waals surface area contributed by atoms with Crippen LogP contribution in [0.3, 0.4) is 0 Å². The van der Waals surface area contributed by atoms with E-state index in [1.54, 1.807) is 0 Å². The zero-order valence-electron chi connectivity index (χ0n) is 14.4. The zero-order valence-corrected chi connectivity index (χ0v) is 14.4. The third-order valence-electron chi connectivity index (χ3n) is 3.83. The van der Waals surface area contributed by atoms with E-state index in [2.05, 4.69) is 0 Å². The van der Waals surface area contributed by atoms with Crippen LogP contribution >= 0.6 is 0 Å². The van der Waals surface area contributed by atoms with Gasteiger partial charge in [0.05, 0.1) is 0 Å². The normalized spacial score (nSPS) is 33.2. The van der Waals surface area contributed by atoms with E-state index in [9.17, 15) is 19.8 Å². The minimum Gasteiger partial charge on any atom is -0.356 e. The van der Waals surface area contributed by atoms with Crippen LogP contribution in [0.4, 0.5) is 0 Å². The molecule has 2 N–H and O–H groups in total. The van der Waals surface area contributed by atoms with Crippen LogP contribution in [0.2, 0.25) is 0 Å². The maximum atomic E-state index is 12.3. The average Bonchev–Trinajstić information content (AvgIpc) is 2.33. The number of amides is 2. The Morgan fingerprint density at radius 3 is 1.14 bits per heavy atom. The SMILES string of the molecule is CN(C)C(=O)C1(O)OC(C)(C)C(O)(C(=O)N(C)C)OC1(C)C. The van der Waals surface area contributed by atoms with Gasteiger partial charge in [0.25, 0.3) is 23.4 Å². The third kappa shape index (κ3) is 2.50. The van der Waals surface area contributed by atoms with Gasteiger partial charge in [-0.2, -0.15) is 0 Å². The molecule has 2 atom stereocenters. The summed E-state index contributed by atoms with van der Waals surface area (Å²) >= 11 is 0. The topological polar surface area (TPSA) is 99.5 Å². The summed E-state index contributed by atoms with van der Waals surface area (Å²) in [6.07, 6.45) is 0. The van der Waals surface area contributed by atoms with Gasteiger partial charge in [-0.15, -0.1) is 0 Å². The van der Waals surface area contributed by atoms with Crippen molar-refractivity contribution in [1.29, 1.82) is 0 Å². The van der Waals surface area contributed by atoms with E-state index in [0.29, 0.717) is 0 Å². The van der Waals surface area contributed by atoms with Gasteiger partial charge < -0.3 is 29.5 Å². The van der Waals surface area contributed by atoms with E-state index in [1.165, 1.54) is 55.9 Å². The van der Waals surface area contributed by atoms with Gasteiger partial charge in [0.2, 0.25) is 0 Å². The summed E-state index contributed by atoms with van der Waals surface area (Å²) in [5, 5.41) is 21.5. The number of carbonyl (C=O) groups is 2. The van der Waals surface area contributed by atoms with Crippen LogP contribution in [0, 0.1) is 0 Å². The molecule has 128 valence electrons. The maximum absolute atomic E-state index is 12.3. The summed E-state index contributed by atoms with van der Waals surface area (Å²) in [4.78, 5) is 27.0. The summed E-state index contributed by atoms with van der Waals surface area (Å²) < 4.78 is 11.1. The molecular formula is C14H26N2O6. The van der Waals surface area contributed by atoms with Crippen molar-refractivity contribution >= 4 is 11.8 Å². The van der Waals surface area contributed by atoms with Gasteiger partial charge in [0, 0.05) is 28.2 Å². The molecule has 0 saturated carbocycles. The van der Waals surface area contributed by atoms with E-state index in [4.69, 9.17) is 9.47 Å². The number of hydrogen-bond donors (Lipinski definition) is 2. The Hall–Kier alpha value is -1.22. The molecule has 8 heteroatoms. The van der Waals surface area contributed by atoms with Crippen LogP contribution in [0.1, 0.15) is 27.7 Å². The fourth-order valence-corrected chi connectivity index (χ4v) is 2.33. The lowest BCUT2D eigenvalue weighted by Gasteiger charge is -2.57. The largest absolute Gasteiger partial charge is 0.356 e. The lowest BCUT2D eigenvalue weighted by molar-refractivity contribution is -0.448. The van der Waals surface area contributed by atoms with Crippen LogP contribution < -0.4 is 0 Å². The highest BCUT2D eigenvalue weighted by molar-refractivity contribution is 5.87. The first-order valence-electron chi connectivity index (χ1n) is 6.91. The highest BCUT2D eigenvalue weighted by atomic mass is 16.8. The van der Waals surface area contributed by atoms with Gasteiger partial charge in [0.1, 0.15) is 11.2 Å². The second-order valence-corrected chi connectivity index (χ2v) is 6.91. The molecule has 0 aromatic rings. The van der Waals surface area contributed by atoms with Crippen LogP contribution in [0.5, 0.6) is 0 Å². The monoisotopic (exact) mass is 318 g/mol. The van der Waals surface area contributed by atoms with Crippen molar-refractivity contribution in [2.75, 3.05) is 28.2 Å². The van der Waals surface area contributed by atoms with Crippen LogP contribution in [-0.4, -0.2) is 82.8 Å². The first kappa shape index (κ1) is 18.8. The summed E-state index contributed by atoms with van der Waals surface area (Å²) in [5.74, 6) is -6.19. The molecule has 1 aliphatic rings. The quantitative estimate of drug-likeness (QED) is 0.688. The van der Waals surface area contributed by atoms with Crippen LogP contribution in [0.25, 0.3) is 0 Å². The Balaban J connectivity index is 3.40. The number of ether oxygens (including phenoxy) is 2. The summed E-state index contributed by atoms with van der Waals surface area (Å²) in [5.41, 5.74) is -3.32. The lowest BCUT2D eigenvalue weighted by Crippen LogP contribution is -2.78. The smallest absolute Gasteiger partial charge is 0.285 e. The molecule has 0 radical (unpaired) electrons. The van der Waals surface area contributed by atoms with Gasteiger partial charge in [0.15, 0.2) is 0 Å². The van der Waals surface area contributed by atoms with Crippen molar-refractivity contribution in [2.45, 2.75) is 50.5 Å². The van der Waals surface area contributed by atoms with Crippen molar-refractivity contribution in [3.8, 4) is 0 Å². The van der Waals surface area contributed by atoms with Crippen molar-refractivity contribution in [3.05, 3.63) is 0 Å². The molecule has 1 heterocycles. The highest BCUT2D eigenvalue weighted by Gasteiger charge is 2.70. The molecule has 2 amide bonds. The lowest BCUT2D eigenvalue weighted by atomic mass is 9.85. The Labute approximate surface area is 130 Å². The highest BCUT2D eigenvalue weighted by Crippen LogP contribution is 2.46. The Morgan fingerprint density at radius 1 is 0.727 bits per heavy atom. The standard InChI is InChI=1S/C14H26N2O6/c1-11(2)13(19,9(17)15(5)6)22-12(3,4)14(20,21-11)10(18)16(7)8/h19-20H,1-8H3. The molecule has 1 aliphatic heterocycles. The first-order chi connectivity index (χ1) is 9.62. The number of carbonyl (C=O) groups excluding carboxylic acids is 2. The summed E-state index contributed by atoms with van der Waals surface area (Å²) in [6, 6.07) is 0. The molecular weight excluding hydrogens is 292 g/mol. The first-order valence-corrected chi connectivity index (χ1v) is 6.91. The minimum atomic E-state index is -2.35. The molecule has 1 rings (SSSR count). The maximum Gasteiger partial charge on any atom is 0.285 e. The van der Waals surface area contributed by atoms with E-state index < -0.39 is 34.6 Å². The third-order valence-corrected chi connectivity index (χ3v) is 3.83. The molecule has 0 aromatic heterocycles. The predicted octanol–water partition coefficient (Wildman–Crippen LogP) is -0.856. The second-order valence-electron chi connectivity index (χ2n) is 6.91. The molecule has 0 aromatic carbocycles. The van der Waals surface area contributed by atoms with E-state index >= 15 is 0 Å². The van der Waals surface area contributed by atoms with Crippen LogP contribution in [0.15, 0.2) is 0 Å². The van der Waals surface area contributed by atoms with Crippen molar-refractivity contribution < 1.29 is 29.3 Å². The van der Waals surface area contributed by atoms with E-state index in [1.807, 2.05) is 0 Å². The average molecular weight is 318 g/mol. The molecule has 1 fully saturated rings. The summed E-state index contributed by atoms with van der Waals surface area (Å²) in [6.45, 7) is 5.49. The Bertz CT molecular complexity index is 444. The number of likely N-dealkylation sites (N-methyl/N-ethyl adjacent to an activating group) is 2. The molecule has 0 aliphatic carbocycles. The molecule has 0 bridgehead atoms. The predicted molar refractivity (Wildman–Crippen MR) is 77.6 cm³/mol. The zero-order chi connectivity index (χ0) is 17.7. The second kappa shape index (κ2) is 5.16. The van der Waals surface area contributed by atoms with Crippen molar-refractivity contribution in [2.24, 2.45) is 0 Å². The van der Waals surface area contributed by atoms with Gasteiger partial charge in [-0.3, -0.25) is 9.59 Å². The summed E-state index contributed by atoms with van der Waals surface area (Å²) in [7, 11) is 5.83. The molecule has 2 unspecified atom stereocenters. The Morgan fingerprint density at radius 2 is 0.955 bits per heavy atom. The number of aliphatic hydroxyl groups is 2. The van der Waals surface area contributed by atoms with E-state index in [0.717, 1.165) is 9.80 Å². The minimum absolute atomic E-state index is 0.745.